The zero-order valence-corrected chi connectivity index (χ0v) is 16.4. The van der Waals surface area contributed by atoms with Crippen LogP contribution in [-0.4, -0.2) is 78.1 Å². The minimum Gasteiger partial charge on any atom is -0.444 e. The van der Waals surface area contributed by atoms with Gasteiger partial charge >= 0.3 is 6.09 Å². The van der Waals surface area contributed by atoms with Crippen LogP contribution in [0.2, 0.25) is 0 Å². The van der Waals surface area contributed by atoms with Crippen molar-refractivity contribution in [2.75, 3.05) is 45.8 Å². The van der Waals surface area contributed by atoms with Crippen molar-refractivity contribution in [3.63, 3.8) is 0 Å². The number of carbonyl (C=O) groups excluding carboxylic acids is 2. The molecule has 146 valence electrons. The minimum atomic E-state index is -0.502. The number of piperidine rings is 1. The second kappa shape index (κ2) is 9.22. The number of nitrogens with zero attached hydrogens (tertiary/aromatic N) is 4. The molecular formula is C19H32N4O3. The molecule has 0 unspecified atom stereocenters. The molecule has 2 heterocycles. The number of amides is 2. The Kier molecular flexibility index (Phi) is 7.27. The molecule has 0 aromatic carbocycles. The Morgan fingerprint density at radius 3 is 2.27 bits per heavy atom. The SMILES string of the molecule is CC(C)(C)OC(=O)N1CCCN(C(=O)C2CCN(CCC#N)CC2)CC1. The van der Waals surface area contributed by atoms with E-state index in [0.29, 0.717) is 32.6 Å². The largest absolute Gasteiger partial charge is 0.444 e. The molecular weight excluding hydrogens is 332 g/mol. The first-order valence-corrected chi connectivity index (χ1v) is 9.66. The van der Waals surface area contributed by atoms with E-state index in [1.165, 1.54) is 0 Å². The number of carbonyl (C=O) groups is 2. The van der Waals surface area contributed by atoms with Gasteiger partial charge in [-0.1, -0.05) is 0 Å². The average molecular weight is 364 g/mol. The van der Waals surface area contributed by atoms with Gasteiger partial charge in [-0.2, -0.15) is 5.26 Å². The van der Waals surface area contributed by atoms with Crippen molar-refractivity contribution in [2.45, 2.75) is 52.1 Å². The van der Waals surface area contributed by atoms with Crippen LogP contribution in [0.25, 0.3) is 0 Å². The number of rotatable bonds is 3. The highest BCUT2D eigenvalue weighted by Gasteiger charge is 2.31. The Morgan fingerprint density at radius 2 is 1.65 bits per heavy atom. The molecule has 7 nitrogen and oxygen atoms in total. The first kappa shape index (κ1) is 20.5. The third-order valence-electron chi connectivity index (χ3n) is 4.94. The van der Waals surface area contributed by atoms with Gasteiger partial charge in [0.15, 0.2) is 0 Å². The van der Waals surface area contributed by atoms with Gasteiger partial charge in [-0.3, -0.25) is 4.79 Å². The lowest BCUT2D eigenvalue weighted by Gasteiger charge is -2.33. The van der Waals surface area contributed by atoms with Crippen LogP contribution in [0.5, 0.6) is 0 Å². The molecule has 0 spiro atoms. The molecule has 2 rings (SSSR count). The maximum atomic E-state index is 12.9. The van der Waals surface area contributed by atoms with Crippen LogP contribution < -0.4 is 0 Å². The summed E-state index contributed by atoms with van der Waals surface area (Å²) in [6.07, 6.45) is 2.75. The van der Waals surface area contributed by atoms with E-state index in [4.69, 9.17) is 10.00 Å². The predicted molar refractivity (Wildman–Crippen MR) is 98.4 cm³/mol. The molecule has 7 heteroatoms. The van der Waals surface area contributed by atoms with Crippen LogP contribution >= 0.6 is 0 Å². The van der Waals surface area contributed by atoms with Gasteiger partial charge in [0, 0.05) is 45.1 Å². The predicted octanol–water partition coefficient (Wildman–Crippen LogP) is 2.08. The Bertz CT molecular complexity index is 530. The summed E-state index contributed by atoms with van der Waals surface area (Å²) in [4.78, 5) is 31.0. The van der Waals surface area contributed by atoms with Crippen molar-refractivity contribution in [1.29, 1.82) is 5.26 Å². The van der Waals surface area contributed by atoms with Crippen LogP contribution in [0.1, 0.15) is 46.5 Å². The summed E-state index contributed by atoms with van der Waals surface area (Å²) in [5.74, 6) is 0.289. The fourth-order valence-electron chi connectivity index (χ4n) is 3.52. The van der Waals surface area contributed by atoms with E-state index in [-0.39, 0.29) is 17.9 Å². The van der Waals surface area contributed by atoms with E-state index in [2.05, 4.69) is 11.0 Å². The van der Waals surface area contributed by atoms with E-state index in [0.717, 1.165) is 38.9 Å². The fraction of sp³-hybridized carbons (Fsp3) is 0.842. The van der Waals surface area contributed by atoms with E-state index in [1.54, 1.807) is 4.90 Å². The third kappa shape index (κ3) is 6.17. The van der Waals surface area contributed by atoms with Gasteiger partial charge in [0.25, 0.3) is 0 Å². The summed E-state index contributed by atoms with van der Waals surface area (Å²) < 4.78 is 5.44. The van der Waals surface area contributed by atoms with E-state index < -0.39 is 5.60 Å². The highest BCUT2D eigenvalue weighted by molar-refractivity contribution is 5.79. The van der Waals surface area contributed by atoms with Crippen LogP contribution in [-0.2, 0) is 9.53 Å². The molecule has 2 fully saturated rings. The summed E-state index contributed by atoms with van der Waals surface area (Å²) in [5.41, 5.74) is -0.502. The highest BCUT2D eigenvalue weighted by atomic mass is 16.6. The molecule has 0 saturated carbocycles. The second-order valence-electron chi connectivity index (χ2n) is 8.17. The Labute approximate surface area is 156 Å². The molecule has 2 aliphatic rings. The zero-order chi connectivity index (χ0) is 19.2. The van der Waals surface area contributed by atoms with Crippen molar-refractivity contribution in [3.05, 3.63) is 0 Å². The quantitative estimate of drug-likeness (QED) is 0.766. The molecule has 2 saturated heterocycles. The van der Waals surface area contributed by atoms with E-state index >= 15 is 0 Å². The summed E-state index contributed by atoms with van der Waals surface area (Å²) in [6.45, 7) is 10.6. The number of ether oxygens (including phenoxy) is 1. The summed E-state index contributed by atoms with van der Waals surface area (Å²) in [7, 11) is 0. The average Bonchev–Trinajstić information content (AvgIpc) is 2.84. The Balaban J connectivity index is 1.81. The molecule has 2 aliphatic heterocycles. The number of hydrogen-bond acceptors (Lipinski definition) is 5. The highest BCUT2D eigenvalue weighted by Crippen LogP contribution is 2.21. The monoisotopic (exact) mass is 364 g/mol. The van der Waals surface area contributed by atoms with Gasteiger partial charge in [0.2, 0.25) is 5.91 Å². The molecule has 0 bridgehead atoms. The summed E-state index contributed by atoms with van der Waals surface area (Å²) in [5, 5.41) is 8.68. The molecule has 0 aromatic rings. The molecule has 0 atom stereocenters. The molecule has 26 heavy (non-hydrogen) atoms. The van der Waals surface area contributed by atoms with E-state index in [9.17, 15) is 9.59 Å². The van der Waals surface area contributed by atoms with Gasteiger partial charge in [-0.25, -0.2) is 4.79 Å². The summed E-state index contributed by atoms with van der Waals surface area (Å²) >= 11 is 0. The maximum absolute atomic E-state index is 12.9. The third-order valence-corrected chi connectivity index (χ3v) is 4.94. The topological polar surface area (TPSA) is 76.9 Å². The maximum Gasteiger partial charge on any atom is 0.410 e. The van der Waals surface area contributed by atoms with Crippen LogP contribution in [0.3, 0.4) is 0 Å². The first-order chi connectivity index (χ1) is 12.3. The van der Waals surface area contributed by atoms with E-state index in [1.807, 2.05) is 25.7 Å². The van der Waals surface area contributed by atoms with Crippen molar-refractivity contribution < 1.29 is 14.3 Å². The molecule has 2 amide bonds. The van der Waals surface area contributed by atoms with Crippen LogP contribution in [0.15, 0.2) is 0 Å². The number of hydrogen-bond donors (Lipinski definition) is 0. The standard InChI is InChI=1S/C19H32N4O3/c1-19(2,3)26-18(25)23-11-5-10-22(14-15-23)17(24)16-6-12-21(13-7-16)9-4-8-20/h16H,4-7,9-15H2,1-3H3. The molecule has 0 N–H and O–H groups in total. The normalized spacial score (nSPS) is 20.4. The molecule has 0 aliphatic carbocycles. The van der Waals surface area contributed by atoms with Crippen molar-refractivity contribution >= 4 is 12.0 Å². The Morgan fingerprint density at radius 1 is 1.04 bits per heavy atom. The number of nitriles is 1. The van der Waals surface area contributed by atoms with Crippen LogP contribution in [0.4, 0.5) is 4.79 Å². The van der Waals surface area contributed by atoms with Gasteiger partial charge in [0.05, 0.1) is 6.07 Å². The minimum absolute atomic E-state index is 0.0708. The van der Waals surface area contributed by atoms with Gasteiger partial charge in [-0.15, -0.1) is 0 Å². The number of likely N-dealkylation sites (tertiary alicyclic amines) is 1. The lowest BCUT2D eigenvalue weighted by atomic mass is 9.95. The van der Waals surface area contributed by atoms with Crippen molar-refractivity contribution in [1.82, 2.24) is 14.7 Å². The molecule has 0 aromatic heterocycles. The lowest BCUT2D eigenvalue weighted by Crippen LogP contribution is -2.44. The van der Waals surface area contributed by atoms with Crippen molar-refractivity contribution in [3.8, 4) is 6.07 Å². The van der Waals surface area contributed by atoms with Crippen molar-refractivity contribution in [2.24, 2.45) is 5.92 Å². The first-order valence-electron chi connectivity index (χ1n) is 9.66. The van der Waals surface area contributed by atoms with Gasteiger partial charge in [0.1, 0.15) is 5.60 Å². The summed E-state index contributed by atoms with van der Waals surface area (Å²) in [6, 6.07) is 2.18. The zero-order valence-electron chi connectivity index (χ0n) is 16.4. The van der Waals surface area contributed by atoms with Gasteiger partial charge < -0.3 is 19.4 Å². The lowest BCUT2D eigenvalue weighted by molar-refractivity contribution is -0.137. The Hall–Kier alpha value is -1.81. The fourth-order valence-corrected chi connectivity index (χ4v) is 3.52. The van der Waals surface area contributed by atoms with Gasteiger partial charge in [-0.05, 0) is 53.1 Å². The van der Waals surface area contributed by atoms with Crippen LogP contribution in [0, 0.1) is 17.2 Å². The molecule has 0 radical (unpaired) electrons. The second-order valence-corrected chi connectivity index (χ2v) is 8.17. The smallest absolute Gasteiger partial charge is 0.410 e.